The molecule has 102 valence electrons. The van der Waals surface area contributed by atoms with Crippen LogP contribution in [0.3, 0.4) is 0 Å². The van der Waals surface area contributed by atoms with Gasteiger partial charge in [-0.2, -0.15) is 0 Å². The number of carbonyl (C=O) groups is 1. The number of benzene rings is 1. The van der Waals surface area contributed by atoms with Crippen LogP contribution in [-0.2, 0) is 4.79 Å². The Morgan fingerprint density at radius 1 is 1.32 bits per heavy atom. The summed E-state index contributed by atoms with van der Waals surface area (Å²) in [4.78, 5) is 11.6. The van der Waals surface area contributed by atoms with Crippen LogP contribution in [0.15, 0.2) is 30.3 Å². The van der Waals surface area contributed by atoms with Crippen molar-refractivity contribution >= 4 is 14.2 Å². The highest BCUT2D eigenvalue weighted by Gasteiger charge is 2.36. The first kappa shape index (κ1) is 15.5. The Hall–Kier alpha value is -1.57. The Bertz CT molecular complexity index is 473. The number of hydrogen-bond donors (Lipinski definition) is 1. The first-order chi connectivity index (χ1) is 8.79. The van der Waals surface area contributed by atoms with Gasteiger partial charge in [0.25, 0.3) is 0 Å². The average Bonchev–Trinajstić information content (AvgIpc) is 2.34. The van der Waals surface area contributed by atoms with E-state index in [9.17, 15) is 9.90 Å². The normalized spacial score (nSPS) is 14.7. The van der Waals surface area contributed by atoms with Gasteiger partial charge in [-0.05, 0) is 12.6 Å². The number of terminal acetylenes is 1. The van der Waals surface area contributed by atoms with E-state index in [-0.39, 0.29) is 0 Å². The first-order valence-corrected chi connectivity index (χ1v) is 9.70. The summed E-state index contributed by atoms with van der Waals surface area (Å²) in [5.74, 6) is 1.10. The van der Waals surface area contributed by atoms with Crippen molar-refractivity contribution in [2.75, 3.05) is 7.05 Å². The molecule has 0 bridgehead atoms. The van der Waals surface area contributed by atoms with Crippen LogP contribution in [-0.4, -0.2) is 37.0 Å². The maximum atomic E-state index is 11.6. The molecule has 0 aliphatic carbocycles. The van der Waals surface area contributed by atoms with E-state index in [1.165, 1.54) is 0 Å². The fourth-order valence-corrected chi connectivity index (χ4v) is 3.03. The van der Waals surface area contributed by atoms with Crippen LogP contribution >= 0.6 is 0 Å². The van der Waals surface area contributed by atoms with Crippen LogP contribution in [0.25, 0.3) is 0 Å². The maximum absolute atomic E-state index is 11.6. The summed E-state index contributed by atoms with van der Waals surface area (Å²) in [6.45, 7) is 6.46. The predicted octanol–water partition coefficient (Wildman–Crippen LogP) is 2.62. The molecule has 1 aromatic rings. The van der Waals surface area contributed by atoms with Crippen molar-refractivity contribution in [3.63, 3.8) is 0 Å². The molecule has 19 heavy (non-hydrogen) atoms. The summed E-state index contributed by atoms with van der Waals surface area (Å²) in [6.07, 6.45) is 5.61. The highest BCUT2D eigenvalue weighted by Crippen LogP contribution is 2.26. The second-order valence-corrected chi connectivity index (χ2v) is 10.7. The van der Waals surface area contributed by atoms with E-state index in [2.05, 4.69) is 30.1 Å². The minimum atomic E-state index is -1.66. The zero-order valence-electron chi connectivity index (χ0n) is 11.9. The van der Waals surface area contributed by atoms with Gasteiger partial charge in [0.15, 0.2) is 0 Å². The molecule has 0 amide bonds. The third-order valence-electron chi connectivity index (χ3n) is 3.39. The van der Waals surface area contributed by atoms with Gasteiger partial charge in [0.05, 0.1) is 6.04 Å². The van der Waals surface area contributed by atoms with Crippen molar-refractivity contribution < 1.29 is 9.90 Å². The number of carboxylic acid groups (broad SMARTS) is 1. The van der Waals surface area contributed by atoms with Crippen molar-refractivity contribution in [3.05, 3.63) is 35.9 Å². The summed E-state index contributed by atoms with van der Waals surface area (Å²) in [6, 6.07) is 8.77. The van der Waals surface area contributed by atoms with Crippen molar-refractivity contribution in [2.45, 2.75) is 31.6 Å². The Kier molecular flexibility index (Phi) is 4.93. The lowest BCUT2D eigenvalue weighted by atomic mass is 9.92. The molecule has 1 rings (SSSR count). The second kappa shape index (κ2) is 6.05. The molecule has 0 saturated carbocycles. The standard InChI is InChI=1S/C15H21NO2Si/c1-6-13(16(2)19(3,4)5)14(15(17)18)12-10-8-7-9-11-12/h1,7-11,13-14H,2-5H3,(H,17,18). The Morgan fingerprint density at radius 2 is 1.84 bits per heavy atom. The van der Waals surface area contributed by atoms with Crippen LogP contribution in [0.5, 0.6) is 0 Å². The van der Waals surface area contributed by atoms with Crippen molar-refractivity contribution in [2.24, 2.45) is 0 Å². The van der Waals surface area contributed by atoms with E-state index >= 15 is 0 Å². The van der Waals surface area contributed by atoms with Gasteiger partial charge >= 0.3 is 5.97 Å². The summed E-state index contributed by atoms with van der Waals surface area (Å²) in [5.41, 5.74) is 0.753. The summed E-state index contributed by atoms with van der Waals surface area (Å²) < 4.78 is 2.07. The SMILES string of the molecule is C#CC(C(C(=O)O)c1ccccc1)N(C)[Si](C)(C)C. The predicted molar refractivity (Wildman–Crippen MR) is 80.5 cm³/mol. The smallest absolute Gasteiger partial charge is 0.313 e. The molecule has 4 heteroatoms. The van der Waals surface area contributed by atoms with Gasteiger partial charge in [0.2, 0.25) is 0 Å². The van der Waals surface area contributed by atoms with E-state index < -0.39 is 26.2 Å². The molecule has 0 heterocycles. The first-order valence-electron chi connectivity index (χ1n) is 6.26. The van der Waals surface area contributed by atoms with Gasteiger partial charge in [-0.3, -0.25) is 4.79 Å². The average molecular weight is 275 g/mol. The summed E-state index contributed by atoms with van der Waals surface area (Å²) in [5, 5.41) is 9.54. The van der Waals surface area contributed by atoms with Gasteiger partial charge in [-0.1, -0.05) is 55.9 Å². The molecule has 3 nitrogen and oxygen atoms in total. The summed E-state index contributed by atoms with van der Waals surface area (Å²) >= 11 is 0. The third kappa shape index (κ3) is 3.69. The van der Waals surface area contributed by atoms with Gasteiger partial charge in [0.1, 0.15) is 14.2 Å². The van der Waals surface area contributed by atoms with Crippen LogP contribution in [0.4, 0.5) is 0 Å². The van der Waals surface area contributed by atoms with E-state index in [4.69, 9.17) is 6.42 Å². The highest BCUT2D eigenvalue weighted by atomic mass is 28.3. The van der Waals surface area contributed by atoms with E-state index in [0.717, 1.165) is 5.56 Å². The zero-order valence-corrected chi connectivity index (χ0v) is 12.9. The number of hydrogen-bond acceptors (Lipinski definition) is 2. The molecular formula is C15H21NO2Si. The van der Waals surface area contributed by atoms with Crippen molar-refractivity contribution in [1.82, 2.24) is 4.57 Å². The fourth-order valence-electron chi connectivity index (χ4n) is 1.97. The van der Waals surface area contributed by atoms with Crippen LogP contribution in [0.1, 0.15) is 11.5 Å². The Morgan fingerprint density at radius 3 is 2.21 bits per heavy atom. The molecule has 2 atom stereocenters. The van der Waals surface area contributed by atoms with Gasteiger partial charge < -0.3 is 9.67 Å². The van der Waals surface area contributed by atoms with E-state index in [1.54, 1.807) is 0 Å². The topological polar surface area (TPSA) is 40.5 Å². The number of rotatable bonds is 5. The monoisotopic (exact) mass is 275 g/mol. The van der Waals surface area contributed by atoms with E-state index in [1.807, 2.05) is 37.4 Å². The maximum Gasteiger partial charge on any atom is 0.313 e. The van der Waals surface area contributed by atoms with Crippen LogP contribution in [0, 0.1) is 12.3 Å². The molecule has 0 saturated heterocycles. The molecule has 1 N–H and O–H groups in total. The molecule has 0 aromatic heterocycles. The molecule has 0 aliphatic heterocycles. The number of carboxylic acids is 1. The van der Waals surface area contributed by atoms with Gasteiger partial charge in [0, 0.05) is 0 Å². The minimum absolute atomic E-state index is 0.424. The van der Waals surface area contributed by atoms with E-state index in [0.29, 0.717) is 0 Å². The van der Waals surface area contributed by atoms with Gasteiger partial charge in [-0.25, -0.2) is 0 Å². The number of likely N-dealkylation sites (N-methyl/N-ethyl adjacent to an activating group) is 1. The second-order valence-electron chi connectivity index (χ2n) is 5.62. The van der Waals surface area contributed by atoms with Crippen LogP contribution in [0.2, 0.25) is 19.6 Å². The Labute approximate surface area is 116 Å². The molecule has 0 fully saturated rings. The Balaban J connectivity index is 3.19. The molecule has 0 radical (unpaired) electrons. The fraction of sp³-hybridized carbons (Fsp3) is 0.400. The molecule has 0 spiro atoms. The van der Waals surface area contributed by atoms with Gasteiger partial charge in [-0.15, -0.1) is 6.42 Å². The zero-order chi connectivity index (χ0) is 14.6. The molecule has 0 aliphatic rings. The molecule has 2 unspecified atom stereocenters. The quantitative estimate of drug-likeness (QED) is 0.663. The van der Waals surface area contributed by atoms with Crippen molar-refractivity contribution in [3.8, 4) is 12.3 Å². The largest absolute Gasteiger partial charge is 0.481 e. The van der Waals surface area contributed by atoms with Crippen molar-refractivity contribution in [1.29, 1.82) is 0 Å². The lowest BCUT2D eigenvalue weighted by Gasteiger charge is -2.37. The lowest BCUT2D eigenvalue weighted by molar-refractivity contribution is -0.139. The highest BCUT2D eigenvalue weighted by molar-refractivity contribution is 6.73. The van der Waals surface area contributed by atoms with Crippen LogP contribution < -0.4 is 0 Å². The minimum Gasteiger partial charge on any atom is -0.481 e. The number of nitrogens with zero attached hydrogens (tertiary/aromatic N) is 1. The third-order valence-corrected chi connectivity index (χ3v) is 5.78. The molecular weight excluding hydrogens is 254 g/mol. The number of aliphatic carboxylic acids is 1. The molecule has 1 aromatic carbocycles. The summed E-state index contributed by atoms with van der Waals surface area (Å²) in [7, 11) is 0.268. The lowest BCUT2D eigenvalue weighted by Crippen LogP contribution is -2.52.